The van der Waals surface area contributed by atoms with Gasteiger partial charge in [-0.2, -0.15) is 0 Å². The molecule has 2 atom stereocenters. The van der Waals surface area contributed by atoms with Crippen molar-refractivity contribution in [3.8, 4) is 0 Å². The maximum Gasteiger partial charge on any atom is 0.251 e. The van der Waals surface area contributed by atoms with Gasteiger partial charge < -0.3 is 10.6 Å². The van der Waals surface area contributed by atoms with Gasteiger partial charge in [0.2, 0.25) is 5.91 Å². The Balaban J connectivity index is 1.98. The maximum absolute atomic E-state index is 11.7. The van der Waals surface area contributed by atoms with E-state index in [-0.39, 0.29) is 17.7 Å². The van der Waals surface area contributed by atoms with Crippen LogP contribution in [0, 0.1) is 11.8 Å². The lowest BCUT2D eigenvalue weighted by atomic mass is 10.2. The van der Waals surface area contributed by atoms with Crippen molar-refractivity contribution in [1.82, 2.24) is 5.32 Å². The molecule has 0 spiro atoms. The molecule has 1 aromatic rings. The molecule has 1 aliphatic carbocycles. The van der Waals surface area contributed by atoms with Crippen molar-refractivity contribution in [3.05, 3.63) is 29.8 Å². The highest BCUT2D eigenvalue weighted by Crippen LogP contribution is 2.38. The van der Waals surface area contributed by atoms with Crippen molar-refractivity contribution >= 4 is 17.5 Å². The lowest BCUT2D eigenvalue weighted by Gasteiger charge is -2.05. The minimum atomic E-state index is -0.126. The standard InChI is InChI=1S/C13H16N2O2/c1-8-7-11(8)13(17)15-10-5-3-9(4-6-10)12(16)14-2/h3-6,8,11H,7H2,1-2H3,(H,14,16)(H,15,17). The second-order valence-corrected chi connectivity index (χ2v) is 4.47. The van der Waals surface area contributed by atoms with Gasteiger partial charge in [0, 0.05) is 24.2 Å². The number of hydrogen-bond donors (Lipinski definition) is 2. The van der Waals surface area contributed by atoms with Crippen LogP contribution in [0.15, 0.2) is 24.3 Å². The third-order valence-electron chi connectivity index (χ3n) is 3.09. The Morgan fingerprint density at radius 3 is 2.29 bits per heavy atom. The molecular weight excluding hydrogens is 216 g/mol. The van der Waals surface area contributed by atoms with Crippen molar-refractivity contribution in [2.75, 3.05) is 12.4 Å². The molecule has 0 aliphatic heterocycles. The van der Waals surface area contributed by atoms with Crippen LogP contribution in [0.4, 0.5) is 5.69 Å². The number of nitrogens with one attached hydrogen (secondary N) is 2. The van der Waals surface area contributed by atoms with Gasteiger partial charge >= 0.3 is 0 Å². The van der Waals surface area contributed by atoms with Crippen LogP contribution in [-0.2, 0) is 4.79 Å². The average molecular weight is 232 g/mol. The predicted octanol–water partition coefficient (Wildman–Crippen LogP) is 1.64. The van der Waals surface area contributed by atoms with Crippen molar-refractivity contribution in [2.24, 2.45) is 11.8 Å². The van der Waals surface area contributed by atoms with E-state index in [0.717, 1.165) is 12.1 Å². The van der Waals surface area contributed by atoms with Gasteiger partial charge in [-0.1, -0.05) is 6.92 Å². The third-order valence-corrected chi connectivity index (χ3v) is 3.09. The van der Waals surface area contributed by atoms with Gasteiger partial charge in [0.1, 0.15) is 0 Å². The Labute approximate surface area is 100 Å². The fourth-order valence-corrected chi connectivity index (χ4v) is 1.77. The Bertz CT molecular complexity index is 439. The molecule has 0 radical (unpaired) electrons. The van der Waals surface area contributed by atoms with Gasteiger partial charge in [0.15, 0.2) is 0 Å². The Kier molecular flexibility index (Phi) is 3.13. The first-order valence-electron chi connectivity index (χ1n) is 5.75. The van der Waals surface area contributed by atoms with Crippen LogP contribution in [0.1, 0.15) is 23.7 Å². The van der Waals surface area contributed by atoms with Gasteiger partial charge in [-0.25, -0.2) is 0 Å². The molecular formula is C13H16N2O2. The summed E-state index contributed by atoms with van der Waals surface area (Å²) in [5.74, 6) is 0.609. The molecule has 2 amide bonds. The molecule has 1 aromatic carbocycles. The van der Waals surface area contributed by atoms with Gasteiger partial charge in [-0.05, 0) is 36.6 Å². The molecule has 4 nitrogen and oxygen atoms in total. The molecule has 2 unspecified atom stereocenters. The number of benzene rings is 1. The highest BCUT2D eigenvalue weighted by atomic mass is 16.2. The van der Waals surface area contributed by atoms with Gasteiger partial charge in [-0.3, -0.25) is 9.59 Å². The van der Waals surface area contributed by atoms with Crippen molar-refractivity contribution in [1.29, 1.82) is 0 Å². The molecule has 90 valence electrons. The highest BCUT2D eigenvalue weighted by Gasteiger charge is 2.38. The van der Waals surface area contributed by atoms with Crippen LogP contribution in [0.5, 0.6) is 0 Å². The summed E-state index contributed by atoms with van der Waals surface area (Å²) in [4.78, 5) is 23.0. The number of amides is 2. The van der Waals surface area contributed by atoms with E-state index in [4.69, 9.17) is 0 Å². The van der Waals surface area contributed by atoms with E-state index in [9.17, 15) is 9.59 Å². The third kappa shape index (κ3) is 2.64. The fourth-order valence-electron chi connectivity index (χ4n) is 1.77. The van der Waals surface area contributed by atoms with Gasteiger partial charge in [0.05, 0.1) is 0 Å². The summed E-state index contributed by atoms with van der Waals surface area (Å²) in [5, 5.41) is 5.40. The van der Waals surface area contributed by atoms with Crippen molar-refractivity contribution < 1.29 is 9.59 Å². The minimum absolute atomic E-state index is 0.0743. The minimum Gasteiger partial charge on any atom is -0.355 e. The smallest absolute Gasteiger partial charge is 0.251 e. The van der Waals surface area contributed by atoms with E-state index in [2.05, 4.69) is 17.6 Å². The topological polar surface area (TPSA) is 58.2 Å². The van der Waals surface area contributed by atoms with Crippen LogP contribution in [0.3, 0.4) is 0 Å². The van der Waals surface area contributed by atoms with E-state index >= 15 is 0 Å². The predicted molar refractivity (Wildman–Crippen MR) is 65.7 cm³/mol. The van der Waals surface area contributed by atoms with Gasteiger partial charge in [0.25, 0.3) is 5.91 Å². The highest BCUT2D eigenvalue weighted by molar-refractivity contribution is 5.96. The van der Waals surface area contributed by atoms with E-state index in [1.165, 1.54) is 0 Å². The van der Waals surface area contributed by atoms with Crippen LogP contribution in [0.25, 0.3) is 0 Å². The van der Waals surface area contributed by atoms with E-state index < -0.39 is 0 Å². The molecule has 1 fully saturated rings. The molecule has 0 aromatic heterocycles. The zero-order chi connectivity index (χ0) is 12.4. The Morgan fingerprint density at radius 1 is 1.24 bits per heavy atom. The second-order valence-electron chi connectivity index (χ2n) is 4.47. The Hall–Kier alpha value is -1.84. The number of carbonyl (C=O) groups is 2. The number of rotatable bonds is 3. The van der Waals surface area contributed by atoms with Crippen molar-refractivity contribution in [3.63, 3.8) is 0 Å². The molecule has 17 heavy (non-hydrogen) atoms. The molecule has 0 saturated heterocycles. The first-order chi connectivity index (χ1) is 8.11. The molecule has 2 N–H and O–H groups in total. The second kappa shape index (κ2) is 4.57. The lowest BCUT2D eigenvalue weighted by molar-refractivity contribution is -0.117. The molecule has 2 rings (SSSR count). The molecule has 0 bridgehead atoms. The maximum atomic E-state index is 11.7. The summed E-state index contributed by atoms with van der Waals surface area (Å²) in [6.07, 6.45) is 0.974. The first-order valence-corrected chi connectivity index (χ1v) is 5.75. The summed E-state index contributed by atoms with van der Waals surface area (Å²) in [6, 6.07) is 6.89. The monoisotopic (exact) mass is 232 g/mol. The lowest BCUT2D eigenvalue weighted by Crippen LogP contribution is -2.18. The fraction of sp³-hybridized carbons (Fsp3) is 0.385. The molecule has 1 saturated carbocycles. The number of carbonyl (C=O) groups excluding carboxylic acids is 2. The summed E-state index contributed by atoms with van der Waals surface area (Å²) >= 11 is 0. The Morgan fingerprint density at radius 2 is 1.82 bits per heavy atom. The summed E-state index contributed by atoms with van der Waals surface area (Å²) in [6.45, 7) is 2.07. The van der Waals surface area contributed by atoms with Gasteiger partial charge in [-0.15, -0.1) is 0 Å². The normalized spacial score (nSPS) is 21.8. The van der Waals surface area contributed by atoms with E-state index in [1.807, 2.05) is 0 Å². The van der Waals surface area contributed by atoms with Crippen LogP contribution in [-0.4, -0.2) is 18.9 Å². The van der Waals surface area contributed by atoms with Crippen LogP contribution in [0.2, 0.25) is 0 Å². The first kappa shape index (κ1) is 11.6. The zero-order valence-corrected chi connectivity index (χ0v) is 9.99. The molecule has 1 aliphatic rings. The summed E-state index contributed by atoms with van der Waals surface area (Å²) in [7, 11) is 1.59. The SMILES string of the molecule is CNC(=O)c1ccc(NC(=O)C2CC2C)cc1. The summed E-state index contributed by atoms with van der Waals surface area (Å²) in [5.41, 5.74) is 1.33. The van der Waals surface area contributed by atoms with E-state index in [0.29, 0.717) is 11.5 Å². The largest absolute Gasteiger partial charge is 0.355 e. The average Bonchev–Trinajstić information content (AvgIpc) is 3.06. The molecule has 4 heteroatoms. The van der Waals surface area contributed by atoms with Crippen LogP contribution >= 0.6 is 0 Å². The number of hydrogen-bond acceptors (Lipinski definition) is 2. The van der Waals surface area contributed by atoms with Crippen LogP contribution < -0.4 is 10.6 Å². The van der Waals surface area contributed by atoms with E-state index in [1.54, 1.807) is 31.3 Å². The molecule has 0 heterocycles. The summed E-state index contributed by atoms with van der Waals surface area (Å²) < 4.78 is 0. The quantitative estimate of drug-likeness (QED) is 0.832. The zero-order valence-electron chi connectivity index (χ0n) is 9.99. The van der Waals surface area contributed by atoms with Crippen molar-refractivity contribution in [2.45, 2.75) is 13.3 Å². The number of anilines is 1.